The van der Waals surface area contributed by atoms with Crippen molar-refractivity contribution in [3.63, 3.8) is 0 Å². The molecule has 3 rings (SSSR count). The summed E-state index contributed by atoms with van der Waals surface area (Å²) in [7, 11) is 0. The van der Waals surface area contributed by atoms with E-state index in [0.29, 0.717) is 18.8 Å². The summed E-state index contributed by atoms with van der Waals surface area (Å²) >= 11 is 0. The molecule has 0 heterocycles. The fourth-order valence-electron chi connectivity index (χ4n) is 3.14. The second-order valence-corrected chi connectivity index (χ2v) is 5.70. The van der Waals surface area contributed by atoms with E-state index in [4.69, 9.17) is 0 Å². The van der Waals surface area contributed by atoms with Gasteiger partial charge in [0.1, 0.15) is 5.82 Å². The van der Waals surface area contributed by atoms with Crippen LogP contribution in [0.1, 0.15) is 29.0 Å². The third kappa shape index (κ3) is 2.97. The van der Waals surface area contributed by atoms with E-state index < -0.39 is 11.9 Å². The lowest BCUT2D eigenvalue weighted by Gasteiger charge is -2.32. The normalized spacial score (nSPS) is 17.7. The molecule has 108 valence electrons. The SMILES string of the molecule is O=C(O)C(Cc1cccc(F)c1)CC1Cc2ccccc21. The number of rotatable bonds is 5. The maximum absolute atomic E-state index is 13.2. The lowest BCUT2D eigenvalue weighted by molar-refractivity contribution is -0.142. The van der Waals surface area contributed by atoms with Gasteiger partial charge >= 0.3 is 5.97 Å². The smallest absolute Gasteiger partial charge is 0.306 e. The molecular formula is C18H17FO2. The Balaban J connectivity index is 1.71. The molecule has 3 heteroatoms. The monoisotopic (exact) mass is 284 g/mol. The Morgan fingerprint density at radius 2 is 2.05 bits per heavy atom. The van der Waals surface area contributed by atoms with E-state index in [2.05, 4.69) is 12.1 Å². The maximum Gasteiger partial charge on any atom is 0.306 e. The van der Waals surface area contributed by atoms with Gasteiger partial charge in [0.25, 0.3) is 0 Å². The maximum atomic E-state index is 13.2. The van der Waals surface area contributed by atoms with Crippen LogP contribution in [0.2, 0.25) is 0 Å². The molecule has 2 atom stereocenters. The van der Waals surface area contributed by atoms with Gasteiger partial charge in [-0.1, -0.05) is 36.4 Å². The first-order valence-corrected chi connectivity index (χ1v) is 7.18. The van der Waals surface area contributed by atoms with Crippen LogP contribution in [0.4, 0.5) is 4.39 Å². The van der Waals surface area contributed by atoms with Crippen molar-refractivity contribution in [3.05, 3.63) is 71.0 Å². The zero-order valence-corrected chi connectivity index (χ0v) is 11.6. The average molecular weight is 284 g/mol. The molecule has 2 nitrogen and oxygen atoms in total. The van der Waals surface area contributed by atoms with Crippen LogP contribution in [0.15, 0.2) is 48.5 Å². The fourth-order valence-corrected chi connectivity index (χ4v) is 3.14. The minimum Gasteiger partial charge on any atom is -0.481 e. The molecule has 2 aromatic carbocycles. The topological polar surface area (TPSA) is 37.3 Å². The highest BCUT2D eigenvalue weighted by molar-refractivity contribution is 5.70. The third-order valence-electron chi connectivity index (χ3n) is 4.25. The van der Waals surface area contributed by atoms with Gasteiger partial charge in [0.2, 0.25) is 0 Å². The van der Waals surface area contributed by atoms with E-state index >= 15 is 0 Å². The number of fused-ring (bicyclic) bond motifs is 1. The van der Waals surface area contributed by atoms with E-state index in [-0.39, 0.29) is 5.82 Å². The zero-order valence-electron chi connectivity index (χ0n) is 11.6. The molecule has 0 radical (unpaired) electrons. The highest BCUT2D eigenvalue weighted by Gasteiger charge is 2.30. The van der Waals surface area contributed by atoms with Crippen LogP contribution >= 0.6 is 0 Å². The molecule has 21 heavy (non-hydrogen) atoms. The molecule has 2 unspecified atom stereocenters. The molecule has 0 aliphatic heterocycles. The summed E-state index contributed by atoms with van der Waals surface area (Å²) in [5, 5.41) is 9.43. The third-order valence-corrected chi connectivity index (χ3v) is 4.25. The Labute approximate surface area is 123 Å². The van der Waals surface area contributed by atoms with Gasteiger partial charge in [-0.3, -0.25) is 4.79 Å². The van der Waals surface area contributed by atoms with Crippen molar-refractivity contribution >= 4 is 5.97 Å². The van der Waals surface area contributed by atoms with Crippen LogP contribution in [0.3, 0.4) is 0 Å². The summed E-state index contributed by atoms with van der Waals surface area (Å²) < 4.78 is 13.2. The summed E-state index contributed by atoms with van der Waals surface area (Å²) in [5.74, 6) is -1.27. The Bertz CT molecular complexity index is 666. The first-order valence-electron chi connectivity index (χ1n) is 7.18. The number of hydrogen-bond donors (Lipinski definition) is 1. The highest BCUT2D eigenvalue weighted by Crippen LogP contribution is 2.39. The standard InChI is InChI=1S/C18H17FO2/c19-16-6-3-4-12(9-16)8-15(18(20)21)11-14-10-13-5-1-2-7-17(13)14/h1-7,9,14-15H,8,10-11H2,(H,20,21). The van der Waals surface area contributed by atoms with Crippen molar-refractivity contribution in [2.24, 2.45) is 5.92 Å². The lowest BCUT2D eigenvalue weighted by Crippen LogP contribution is -2.25. The minimum atomic E-state index is -0.802. The largest absolute Gasteiger partial charge is 0.481 e. The first-order chi connectivity index (χ1) is 10.1. The molecule has 0 bridgehead atoms. The minimum absolute atomic E-state index is 0.314. The molecular weight excluding hydrogens is 267 g/mol. The quantitative estimate of drug-likeness (QED) is 0.906. The fraction of sp³-hybridized carbons (Fsp3) is 0.278. The van der Waals surface area contributed by atoms with E-state index in [0.717, 1.165) is 12.0 Å². The van der Waals surface area contributed by atoms with Crippen molar-refractivity contribution in [2.45, 2.75) is 25.2 Å². The number of hydrogen-bond acceptors (Lipinski definition) is 1. The molecule has 0 amide bonds. The van der Waals surface area contributed by atoms with Crippen LogP contribution < -0.4 is 0 Å². The number of carboxylic acids is 1. The number of carbonyl (C=O) groups is 1. The van der Waals surface area contributed by atoms with Gasteiger partial charge in [0.15, 0.2) is 0 Å². The average Bonchev–Trinajstić information content (AvgIpc) is 2.43. The molecule has 1 aliphatic rings. The van der Waals surface area contributed by atoms with E-state index in [9.17, 15) is 14.3 Å². The van der Waals surface area contributed by atoms with Crippen LogP contribution in [0.5, 0.6) is 0 Å². The zero-order chi connectivity index (χ0) is 14.8. The summed E-state index contributed by atoms with van der Waals surface area (Å²) in [6, 6.07) is 14.4. The second-order valence-electron chi connectivity index (χ2n) is 5.70. The van der Waals surface area contributed by atoms with Crippen LogP contribution in [0, 0.1) is 11.7 Å². The van der Waals surface area contributed by atoms with Crippen LogP contribution in [-0.2, 0) is 17.6 Å². The molecule has 0 saturated carbocycles. The van der Waals surface area contributed by atoms with Crippen molar-refractivity contribution in [1.82, 2.24) is 0 Å². The Kier molecular flexibility index (Phi) is 3.74. The Hall–Kier alpha value is -2.16. The van der Waals surface area contributed by atoms with Gasteiger partial charge in [0, 0.05) is 0 Å². The van der Waals surface area contributed by atoms with Crippen LogP contribution in [0.25, 0.3) is 0 Å². The molecule has 0 spiro atoms. The molecule has 1 N–H and O–H groups in total. The number of halogens is 1. The lowest BCUT2D eigenvalue weighted by atomic mass is 9.72. The molecule has 1 aliphatic carbocycles. The second kappa shape index (κ2) is 5.68. The van der Waals surface area contributed by atoms with Gasteiger partial charge in [-0.2, -0.15) is 0 Å². The summed E-state index contributed by atoms with van der Waals surface area (Å²) in [5.41, 5.74) is 3.33. The predicted molar refractivity (Wildman–Crippen MR) is 78.7 cm³/mol. The van der Waals surface area contributed by atoms with E-state index in [1.165, 1.54) is 23.3 Å². The summed E-state index contributed by atoms with van der Waals surface area (Å²) in [6.45, 7) is 0. The van der Waals surface area contributed by atoms with Crippen molar-refractivity contribution < 1.29 is 14.3 Å². The van der Waals surface area contributed by atoms with E-state index in [1.807, 2.05) is 12.1 Å². The number of carboxylic acid groups (broad SMARTS) is 1. The molecule has 0 aromatic heterocycles. The Morgan fingerprint density at radius 1 is 1.24 bits per heavy atom. The Morgan fingerprint density at radius 3 is 2.76 bits per heavy atom. The number of aliphatic carboxylic acids is 1. The predicted octanol–water partition coefficient (Wildman–Crippen LogP) is 3.80. The number of benzene rings is 2. The van der Waals surface area contributed by atoms with Gasteiger partial charge < -0.3 is 5.11 Å². The van der Waals surface area contributed by atoms with Gasteiger partial charge in [-0.25, -0.2) is 4.39 Å². The van der Waals surface area contributed by atoms with Gasteiger partial charge in [0.05, 0.1) is 5.92 Å². The van der Waals surface area contributed by atoms with Crippen molar-refractivity contribution in [1.29, 1.82) is 0 Å². The first kappa shape index (κ1) is 13.8. The highest BCUT2D eigenvalue weighted by atomic mass is 19.1. The summed E-state index contributed by atoms with van der Waals surface area (Å²) in [6.07, 6.45) is 1.94. The molecule has 0 saturated heterocycles. The van der Waals surface area contributed by atoms with Crippen molar-refractivity contribution in [3.8, 4) is 0 Å². The molecule has 0 fully saturated rings. The van der Waals surface area contributed by atoms with Crippen molar-refractivity contribution in [2.75, 3.05) is 0 Å². The van der Waals surface area contributed by atoms with E-state index in [1.54, 1.807) is 12.1 Å². The molecule has 2 aromatic rings. The van der Waals surface area contributed by atoms with Crippen LogP contribution in [-0.4, -0.2) is 11.1 Å². The summed E-state index contributed by atoms with van der Waals surface area (Å²) in [4.78, 5) is 11.5. The van der Waals surface area contributed by atoms with Gasteiger partial charge in [-0.05, 0) is 54.0 Å². The van der Waals surface area contributed by atoms with Gasteiger partial charge in [-0.15, -0.1) is 0 Å².